The van der Waals surface area contributed by atoms with Crippen LogP contribution < -0.4 is 5.32 Å². The van der Waals surface area contributed by atoms with Crippen molar-refractivity contribution in [2.45, 2.75) is 13.8 Å². The van der Waals surface area contributed by atoms with Crippen LogP contribution in [0.4, 0.5) is 10.1 Å². The van der Waals surface area contributed by atoms with Crippen molar-refractivity contribution >= 4 is 34.5 Å². The lowest BCUT2D eigenvalue weighted by atomic mass is 10.3. The maximum absolute atomic E-state index is 13.5. The van der Waals surface area contributed by atoms with Crippen LogP contribution in [-0.4, -0.2) is 10.9 Å². The molecule has 1 N–H and O–H groups in total. The number of nitrogens with one attached hydrogen (secondary N) is 1. The molecule has 1 heterocycles. The number of anilines is 1. The lowest BCUT2D eigenvalue weighted by molar-refractivity contribution is 0.102. The van der Waals surface area contributed by atoms with E-state index in [4.69, 9.17) is 11.6 Å². The maximum atomic E-state index is 13.5. The number of aryl methyl sites for hydroxylation is 2. The number of aromatic nitrogens is 1. The van der Waals surface area contributed by atoms with E-state index in [1.807, 2.05) is 6.92 Å². The van der Waals surface area contributed by atoms with Gasteiger partial charge in [0.1, 0.15) is 10.7 Å². The molecule has 0 saturated heterocycles. The first-order chi connectivity index (χ1) is 8.47. The Hall–Kier alpha value is -1.46. The molecule has 0 radical (unpaired) electrons. The van der Waals surface area contributed by atoms with Gasteiger partial charge in [-0.2, -0.15) is 0 Å². The van der Waals surface area contributed by atoms with Crippen molar-refractivity contribution in [1.29, 1.82) is 0 Å². The molecule has 1 aromatic carbocycles. The van der Waals surface area contributed by atoms with E-state index >= 15 is 0 Å². The topological polar surface area (TPSA) is 42.0 Å². The van der Waals surface area contributed by atoms with E-state index in [0.29, 0.717) is 10.6 Å². The molecule has 18 heavy (non-hydrogen) atoms. The second kappa shape index (κ2) is 5.04. The quantitative estimate of drug-likeness (QED) is 0.911. The molecule has 0 saturated carbocycles. The molecule has 2 rings (SSSR count). The number of nitrogens with zero attached hydrogens (tertiary/aromatic N) is 1. The average Bonchev–Trinajstić information content (AvgIpc) is 2.62. The summed E-state index contributed by atoms with van der Waals surface area (Å²) in [7, 11) is 0. The predicted molar refractivity (Wildman–Crippen MR) is 71.0 cm³/mol. The fourth-order valence-corrected chi connectivity index (χ4v) is 2.49. The Morgan fingerprint density at radius 1 is 1.44 bits per heavy atom. The highest BCUT2D eigenvalue weighted by Crippen LogP contribution is 2.22. The largest absolute Gasteiger partial charge is 0.319 e. The first-order valence-electron chi connectivity index (χ1n) is 5.18. The fourth-order valence-electron chi connectivity index (χ4n) is 1.51. The summed E-state index contributed by atoms with van der Waals surface area (Å²) in [5, 5.41) is 3.59. The van der Waals surface area contributed by atoms with Crippen LogP contribution in [0.5, 0.6) is 0 Å². The van der Waals surface area contributed by atoms with Crippen LogP contribution in [-0.2, 0) is 0 Å². The second-order valence-corrected chi connectivity index (χ2v) is 5.37. The van der Waals surface area contributed by atoms with Gasteiger partial charge >= 0.3 is 0 Å². The SMILES string of the molecule is Cc1nc(C)c(C(=O)Nc2ccc(Cl)cc2F)s1. The van der Waals surface area contributed by atoms with Crippen molar-refractivity contribution < 1.29 is 9.18 Å². The normalized spacial score (nSPS) is 10.4. The first kappa shape index (κ1) is 13.0. The van der Waals surface area contributed by atoms with Gasteiger partial charge in [-0.15, -0.1) is 11.3 Å². The summed E-state index contributed by atoms with van der Waals surface area (Å²) in [6, 6.07) is 4.10. The monoisotopic (exact) mass is 284 g/mol. The van der Waals surface area contributed by atoms with Crippen molar-refractivity contribution in [3.8, 4) is 0 Å². The minimum atomic E-state index is -0.560. The van der Waals surface area contributed by atoms with Crippen molar-refractivity contribution in [3.05, 3.63) is 44.6 Å². The van der Waals surface area contributed by atoms with Gasteiger partial charge in [0.15, 0.2) is 0 Å². The molecule has 0 aliphatic heterocycles. The maximum Gasteiger partial charge on any atom is 0.267 e. The molecule has 0 unspecified atom stereocenters. The number of hydrogen-bond acceptors (Lipinski definition) is 3. The molecule has 0 spiro atoms. The summed E-state index contributed by atoms with van der Waals surface area (Å²) in [6.45, 7) is 3.56. The Bertz CT molecular complexity index is 612. The lowest BCUT2D eigenvalue weighted by Gasteiger charge is -2.05. The number of rotatable bonds is 2. The van der Waals surface area contributed by atoms with Gasteiger partial charge in [-0.05, 0) is 32.0 Å². The number of carbonyl (C=O) groups excluding carboxylic acids is 1. The van der Waals surface area contributed by atoms with Gasteiger partial charge in [0.2, 0.25) is 0 Å². The predicted octanol–water partition coefficient (Wildman–Crippen LogP) is 3.80. The minimum absolute atomic E-state index is 0.106. The van der Waals surface area contributed by atoms with E-state index in [-0.39, 0.29) is 16.6 Å². The van der Waals surface area contributed by atoms with E-state index in [0.717, 1.165) is 11.1 Å². The highest BCUT2D eigenvalue weighted by Gasteiger charge is 2.15. The van der Waals surface area contributed by atoms with Gasteiger partial charge < -0.3 is 5.32 Å². The van der Waals surface area contributed by atoms with Crippen molar-refractivity contribution in [2.24, 2.45) is 0 Å². The van der Waals surface area contributed by atoms with E-state index in [9.17, 15) is 9.18 Å². The molecule has 0 aliphatic carbocycles. The third-order valence-corrected chi connectivity index (χ3v) is 3.60. The third kappa shape index (κ3) is 2.68. The zero-order valence-electron chi connectivity index (χ0n) is 9.75. The molecule has 1 amide bonds. The van der Waals surface area contributed by atoms with Gasteiger partial charge in [-0.3, -0.25) is 4.79 Å². The third-order valence-electron chi connectivity index (χ3n) is 2.29. The van der Waals surface area contributed by atoms with E-state index in [1.54, 1.807) is 6.92 Å². The molecule has 3 nitrogen and oxygen atoms in total. The number of thiazole rings is 1. The average molecular weight is 285 g/mol. The molecule has 94 valence electrons. The highest BCUT2D eigenvalue weighted by atomic mass is 35.5. The Morgan fingerprint density at radius 3 is 2.72 bits per heavy atom. The Labute approximate surface area is 113 Å². The van der Waals surface area contributed by atoms with Crippen LogP contribution in [0.1, 0.15) is 20.4 Å². The Kier molecular flexibility index (Phi) is 3.63. The lowest BCUT2D eigenvalue weighted by Crippen LogP contribution is -2.12. The molecule has 2 aromatic rings. The van der Waals surface area contributed by atoms with E-state index in [2.05, 4.69) is 10.3 Å². The summed E-state index contributed by atoms with van der Waals surface area (Å²) in [6.07, 6.45) is 0. The van der Waals surface area contributed by atoms with Crippen molar-refractivity contribution in [1.82, 2.24) is 4.98 Å². The fraction of sp³-hybridized carbons (Fsp3) is 0.167. The van der Waals surface area contributed by atoms with Gasteiger partial charge in [0, 0.05) is 5.02 Å². The number of amides is 1. The van der Waals surface area contributed by atoms with Crippen LogP contribution in [0, 0.1) is 19.7 Å². The molecule has 0 atom stereocenters. The smallest absolute Gasteiger partial charge is 0.267 e. The highest BCUT2D eigenvalue weighted by molar-refractivity contribution is 7.13. The van der Waals surface area contributed by atoms with Crippen LogP contribution in [0.15, 0.2) is 18.2 Å². The Morgan fingerprint density at radius 2 is 2.17 bits per heavy atom. The van der Waals surface area contributed by atoms with Crippen LogP contribution >= 0.6 is 22.9 Å². The van der Waals surface area contributed by atoms with Crippen molar-refractivity contribution in [3.63, 3.8) is 0 Å². The van der Waals surface area contributed by atoms with Gasteiger partial charge in [-0.1, -0.05) is 11.6 Å². The first-order valence-corrected chi connectivity index (χ1v) is 6.37. The second-order valence-electron chi connectivity index (χ2n) is 3.73. The summed E-state index contributed by atoms with van der Waals surface area (Å²) < 4.78 is 13.5. The van der Waals surface area contributed by atoms with Crippen LogP contribution in [0.25, 0.3) is 0 Å². The molecule has 0 bridgehead atoms. The molecule has 1 aromatic heterocycles. The van der Waals surface area contributed by atoms with E-state index < -0.39 is 5.82 Å². The summed E-state index contributed by atoms with van der Waals surface area (Å²) in [5.74, 6) is -0.922. The summed E-state index contributed by atoms with van der Waals surface area (Å²) in [4.78, 5) is 16.6. The number of carbonyl (C=O) groups is 1. The number of hydrogen-bond donors (Lipinski definition) is 1. The number of halogens is 2. The zero-order chi connectivity index (χ0) is 13.3. The molecule has 0 fully saturated rings. The van der Waals surface area contributed by atoms with E-state index in [1.165, 1.54) is 23.5 Å². The van der Waals surface area contributed by atoms with Crippen molar-refractivity contribution in [2.75, 3.05) is 5.32 Å². The molecular formula is C12H10ClFN2OS. The Balaban J connectivity index is 2.24. The zero-order valence-corrected chi connectivity index (χ0v) is 11.3. The minimum Gasteiger partial charge on any atom is -0.319 e. The van der Waals surface area contributed by atoms with Gasteiger partial charge in [0.05, 0.1) is 16.4 Å². The van der Waals surface area contributed by atoms with Crippen LogP contribution in [0.2, 0.25) is 5.02 Å². The molecule has 0 aliphatic rings. The molecular weight excluding hydrogens is 275 g/mol. The standard InChI is InChI=1S/C12H10ClFN2OS/c1-6-11(18-7(2)15-6)12(17)16-10-4-3-8(13)5-9(10)14/h3-5H,1-2H3,(H,16,17). The summed E-state index contributed by atoms with van der Waals surface area (Å²) >= 11 is 6.92. The van der Waals surface area contributed by atoms with Gasteiger partial charge in [-0.25, -0.2) is 9.37 Å². The summed E-state index contributed by atoms with van der Waals surface area (Å²) in [5.41, 5.74) is 0.749. The molecule has 6 heteroatoms. The van der Waals surface area contributed by atoms with Crippen LogP contribution in [0.3, 0.4) is 0 Å². The number of benzene rings is 1. The van der Waals surface area contributed by atoms with Gasteiger partial charge in [0.25, 0.3) is 5.91 Å².